The van der Waals surface area contributed by atoms with Crippen molar-refractivity contribution in [1.29, 1.82) is 0 Å². The number of benzene rings is 2. The summed E-state index contributed by atoms with van der Waals surface area (Å²) in [6, 6.07) is 18.2. The van der Waals surface area contributed by atoms with Crippen LogP contribution in [0.4, 0.5) is 0 Å². The van der Waals surface area contributed by atoms with Crippen LogP contribution in [0.2, 0.25) is 0 Å². The summed E-state index contributed by atoms with van der Waals surface area (Å²) < 4.78 is 1.61. The lowest BCUT2D eigenvalue weighted by molar-refractivity contribution is -0.683. The number of aliphatic hydroxyl groups is 1. The molecule has 114 valence electrons. The number of Topliss-reactive ketones (excluding diaryl/α,β-unsaturated/α-hetero) is 2. The maximum absolute atomic E-state index is 12.4. The number of hydrogen-bond donors (Lipinski definition) is 1. The molecule has 2 aromatic carbocycles. The first-order valence-electron chi connectivity index (χ1n) is 7.34. The van der Waals surface area contributed by atoms with Crippen LogP contribution < -0.4 is 4.57 Å². The lowest BCUT2D eigenvalue weighted by Crippen LogP contribution is -2.44. The third kappa shape index (κ3) is 3.03. The van der Waals surface area contributed by atoms with Crippen molar-refractivity contribution >= 4 is 22.3 Å². The zero-order valence-corrected chi connectivity index (χ0v) is 12.5. The topological polar surface area (TPSA) is 58.2 Å². The molecule has 1 aromatic heterocycles. The monoisotopic (exact) mass is 306 g/mol. The fourth-order valence-electron chi connectivity index (χ4n) is 2.64. The van der Waals surface area contributed by atoms with Crippen LogP contribution in [-0.2, 0) is 6.54 Å². The summed E-state index contributed by atoms with van der Waals surface area (Å²) in [6.07, 6.45) is 1.71. The molecule has 0 atom stereocenters. The molecule has 0 aliphatic carbocycles. The van der Waals surface area contributed by atoms with Crippen molar-refractivity contribution in [1.82, 2.24) is 0 Å². The highest BCUT2D eigenvalue weighted by Crippen LogP contribution is 2.16. The van der Waals surface area contributed by atoms with Gasteiger partial charge in [0.15, 0.2) is 6.20 Å². The Hall–Kier alpha value is -2.85. The highest BCUT2D eigenvalue weighted by Gasteiger charge is 2.24. The van der Waals surface area contributed by atoms with Crippen LogP contribution in [0, 0.1) is 0 Å². The summed E-state index contributed by atoms with van der Waals surface area (Å²) in [7, 11) is 0. The Morgan fingerprint density at radius 1 is 0.870 bits per heavy atom. The van der Waals surface area contributed by atoms with Gasteiger partial charge in [0, 0.05) is 11.6 Å². The zero-order valence-electron chi connectivity index (χ0n) is 12.5. The Morgan fingerprint density at radius 3 is 2.30 bits per heavy atom. The summed E-state index contributed by atoms with van der Waals surface area (Å²) in [5.74, 6) is -0.486. The summed E-state index contributed by atoms with van der Waals surface area (Å²) in [6.45, 7) is -0.538. The van der Waals surface area contributed by atoms with Crippen molar-refractivity contribution in [3.05, 3.63) is 78.1 Å². The molecule has 0 aliphatic heterocycles. The van der Waals surface area contributed by atoms with Gasteiger partial charge in [-0.05, 0) is 11.5 Å². The van der Waals surface area contributed by atoms with E-state index in [0.717, 1.165) is 10.8 Å². The number of fused-ring (bicyclic) bond motifs is 1. The van der Waals surface area contributed by atoms with Crippen LogP contribution in [0.1, 0.15) is 20.8 Å². The van der Waals surface area contributed by atoms with Crippen LogP contribution >= 0.6 is 0 Å². The highest BCUT2D eigenvalue weighted by atomic mass is 16.3. The van der Waals surface area contributed by atoms with Gasteiger partial charge in [0.25, 0.3) is 11.5 Å². The van der Waals surface area contributed by atoms with E-state index in [4.69, 9.17) is 0 Å². The van der Waals surface area contributed by atoms with Crippen molar-refractivity contribution in [2.45, 2.75) is 6.54 Å². The van der Waals surface area contributed by atoms with Gasteiger partial charge in [-0.1, -0.05) is 48.5 Å². The van der Waals surface area contributed by atoms with Gasteiger partial charge in [-0.25, -0.2) is 0 Å². The van der Waals surface area contributed by atoms with E-state index in [1.165, 1.54) is 0 Å². The molecule has 0 spiro atoms. The molecule has 0 bridgehead atoms. The Morgan fingerprint density at radius 2 is 1.57 bits per heavy atom. The van der Waals surface area contributed by atoms with E-state index in [1.54, 1.807) is 35.0 Å². The van der Waals surface area contributed by atoms with Crippen molar-refractivity contribution in [2.24, 2.45) is 0 Å². The molecule has 0 saturated carbocycles. The lowest BCUT2D eigenvalue weighted by atomic mass is 10.1. The lowest BCUT2D eigenvalue weighted by Gasteiger charge is -2.06. The number of aromatic nitrogens is 1. The molecule has 3 rings (SSSR count). The first-order chi connectivity index (χ1) is 11.2. The van der Waals surface area contributed by atoms with Crippen molar-refractivity contribution < 1.29 is 19.3 Å². The van der Waals surface area contributed by atoms with Gasteiger partial charge < -0.3 is 5.11 Å². The van der Waals surface area contributed by atoms with Crippen LogP contribution in [0.15, 0.2) is 66.9 Å². The number of carbonyl (C=O) groups is 2. The van der Waals surface area contributed by atoms with E-state index < -0.39 is 12.4 Å². The molecule has 4 nitrogen and oxygen atoms in total. The predicted octanol–water partition coefficient (Wildman–Crippen LogP) is 2.19. The summed E-state index contributed by atoms with van der Waals surface area (Å²) in [5, 5.41) is 10.9. The number of rotatable bonds is 5. The van der Waals surface area contributed by atoms with Gasteiger partial charge in [0.2, 0.25) is 12.3 Å². The van der Waals surface area contributed by atoms with E-state index in [-0.39, 0.29) is 12.3 Å². The standard InChI is InChI=1S/C19H16NO3/c21-13-18(23)19-16-9-5-4-6-14(16)10-11-20(19)12-17(22)15-7-2-1-3-8-15/h1-11,21H,12-13H2/q+1. The average Bonchev–Trinajstić information content (AvgIpc) is 2.61. The second-order valence-corrected chi connectivity index (χ2v) is 5.25. The smallest absolute Gasteiger partial charge is 0.259 e. The number of ketones is 2. The maximum Gasteiger partial charge on any atom is 0.259 e. The molecular weight excluding hydrogens is 290 g/mol. The second kappa shape index (κ2) is 6.50. The van der Waals surface area contributed by atoms with Gasteiger partial charge >= 0.3 is 0 Å². The molecule has 23 heavy (non-hydrogen) atoms. The van der Waals surface area contributed by atoms with Crippen LogP contribution in [0.5, 0.6) is 0 Å². The number of nitrogens with zero attached hydrogens (tertiary/aromatic N) is 1. The molecule has 1 heterocycles. The van der Waals surface area contributed by atoms with E-state index in [0.29, 0.717) is 11.3 Å². The highest BCUT2D eigenvalue weighted by molar-refractivity contribution is 6.05. The van der Waals surface area contributed by atoms with Crippen LogP contribution in [0.3, 0.4) is 0 Å². The Labute approximate surface area is 133 Å². The number of aliphatic hydroxyl groups excluding tert-OH is 1. The minimum Gasteiger partial charge on any atom is -0.388 e. The van der Waals surface area contributed by atoms with Crippen LogP contribution in [-0.4, -0.2) is 23.3 Å². The first-order valence-corrected chi connectivity index (χ1v) is 7.34. The van der Waals surface area contributed by atoms with Crippen molar-refractivity contribution in [3.63, 3.8) is 0 Å². The van der Waals surface area contributed by atoms with E-state index >= 15 is 0 Å². The Kier molecular flexibility index (Phi) is 4.26. The molecule has 1 N–H and O–H groups in total. The van der Waals surface area contributed by atoms with E-state index in [1.807, 2.05) is 36.4 Å². The van der Waals surface area contributed by atoms with E-state index in [2.05, 4.69) is 0 Å². The summed E-state index contributed by atoms with van der Waals surface area (Å²) >= 11 is 0. The normalized spacial score (nSPS) is 10.7. The third-order valence-corrected chi connectivity index (χ3v) is 3.75. The van der Waals surface area contributed by atoms with Gasteiger partial charge in [0.05, 0.1) is 5.39 Å². The van der Waals surface area contributed by atoms with Gasteiger partial charge in [-0.3, -0.25) is 9.59 Å². The largest absolute Gasteiger partial charge is 0.388 e. The number of hydrogen-bond acceptors (Lipinski definition) is 3. The zero-order chi connectivity index (χ0) is 16.2. The Balaban J connectivity index is 2.07. The predicted molar refractivity (Wildman–Crippen MR) is 86.3 cm³/mol. The third-order valence-electron chi connectivity index (χ3n) is 3.75. The molecule has 4 heteroatoms. The summed E-state index contributed by atoms with van der Waals surface area (Å²) in [4.78, 5) is 24.6. The molecule has 0 unspecified atom stereocenters. The molecule has 0 saturated heterocycles. The molecule has 3 aromatic rings. The summed E-state index contributed by atoms with van der Waals surface area (Å²) in [5.41, 5.74) is 0.949. The van der Waals surface area contributed by atoms with Gasteiger partial charge in [-0.15, -0.1) is 0 Å². The fourth-order valence-corrected chi connectivity index (χ4v) is 2.64. The average molecular weight is 306 g/mol. The molecule has 0 aliphatic rings. The minimum absolute atomic E-state index is 0.0515. The second-order valence-electron chi connectivity index (χ2n) is 5.25. The molecule has 0 radical (unpaired) electrons. The number of pyridine rings is 1. The minimum atomic E-state index is -0.590. The van der Waals surface area contributed by atoms with Crippen molar-refractivity contribution in [3.8, 4) is 0 Å². The fraction of sp³-hybridized carbons (Fsp3) is 0.105. The molecule has 0 fully saturated rings. The molecule has 0 amide bonds. The van der Waals surface area contributed by atoms with Crippen LogP contribution in [0.25, 0.3) is 10.8 Å². The van der Waals surface area contributed by atoms with Gasteiger partial charge in [0.1, 0.15) is 6.61 Å². The number of carbonyl (C=O) groups excluding carboxylic acids is 2. The first kappa shape index (κ1) is 15.1. The Bertz CT molecular complexity index is 872. The SMILES string of the molecule is O=C(C[n+]1ccc2ccccc2c1C(=O)CO)c1ccccc1. The quantitative estimate of drug-likeness (QED) is 0.580. The molecular formula is C19H16NO3+. The van der Waals surface area contributed by atoms with Crippen molar-refractivity contribution in [2.75, 3.05) is 6.61 Å². The van der Waals surface area contributed by atoms with E-state index in [9.17, 15) is 14.7 Å². The van der Waals surface area contributed by atoms with Gasteiger partial charge in [-0.2, -0.15) is 4.57 Å². The maximum atomic E-state index is 12.4.